The van der Waals surface area contributed by atoms with E-state index in [4.69, 9.17) is 0 Å². The molecule has 136 valence electrons. The van der Waals surface area contributed by atoms with Gasteiger partial charge in [0.15, 0.2) is 4.96 Å². The van der Waals surface area contributed by atoms with Gasteiger partial charge in [-0.05, 0) is 0 Å². The molecule has 0 fully saturated rings. The lowest BCUT2D eigenvalue weighted by Gasteiger charge is -2.22. The molecular weight excluding hydrogens is 363 g/mol. The van der Waals surface area contributed by atoms with E-state index in [1.807, 2.05) is 30.3 Å². The highest BCUT2D eigenvalue weighted by molar-refractivity contribution is 7.15. The Labute approximate surface area is 152 Å². The summed E-state index contributed by atoms with van der Waals surface area (Å²) in [6.07, 6.45) is -1.49. The van der Waals surface area contributed by atoms with Crippen molar-refractivity contribution in [1.29, 1.82) is 0 Å². The summed E-state index contributed by atoms with van der Waals surface area (Å²) in [7, 11) is 0. The largest absolute Gasteiger partial charge is 0.406 e. The molecule has 0 N–H and O–H groups in total. The van der Waals surface area contributed by atoms with Gasteiger partial charge in [-0.25, -0.2) is 4.98 Å². The average Bonchev–Trinajstić information content (AvgIpc) is 3.16. The molecule has 2 heterocycles. The zero-order valence-corrected chi connectivity index (χ0v) is 14.6. The van der Waals surface area contributed by atoms with Crippen LogP contribution in [0.25, 0.3) is 16.2 Å². The highest BCUT2D eigenvalue weighted by atomic mass is 32.1. The van der Waals surface area contributed by atoms with E-state index >= 15 is 0 Å². The van der Waals surface area contributed by atoms with Crippen LogP contribution < -0.4 is 0 Å². The molecule has 0 bridgehead atoms. The van der Waals surface area contributed by atoms with Crippen molar-refractivity contribution in [1.82, 2.24) is 14.3 Å². The first-order valence-corrected chi connectivity index (χ1v) is 8.71. The summed E-state index contributed by atoms with van der Waals surface area (Å²) >= 11 is 1.35. The number of hydrogen-bond donors (Lipinski definition) is 0. The highest BCUT2D eigenvalue weighted by Crippen LogP contribution is 2.24. The summed E-state index contributed by atoms with van der Waals surface area (Å²) < 4.78 is 39.8. The molecule has 0 atom stereocenters. The molecule has 8 heteroatoms. The van der Waals surface area contributed by atoms with Gasteiger partial charge in [0.1, 0.15) is 6.54 Å². The summed E-state index contributed by atoms with van der Waals surface area (Å²) in [6, 6.07) is 9.55. The quantitative estimate of drug-likeness (QED) is 0.603. The smallest absolute Gasteiger partial charge is 0.330 e. The number of nitrogens with zero attached hydrogens (tertiary/aromatic N) is 3. The molecule has 0 spiro atoms. The van der Waals surface area contributed by atoms with Crippen LogP contribution in [0, 0.1) is 0 Å². The molecule has 0 saturated heterocycles. The number of carbonyl (C=O) groups is 1. The van der Waals surface area contributed by atoms with Crippen molar-refractivity contribution in [2.75, 3.05) is 13.1 Å². The molecule has 0 radical (unpaired) electrons. The zero-order chi connectivity index (χ0) is 18.7. The molecule has 3 aromatic rings. The van der Waals surface area contributed by atoms with Crippen LogP contribution in [0.15, 0.2) is 54.6 Å². The third-order valence-corrected chi connectivity index (χ3v) is 4.65. The van der Waals surface area contributed by atoms with Gasteiger partial charge in [-0.3, -0.25) is 9.20 Å². The number of imidazole rings is 1. The number of alkyl halides is 3. The zero-order valence-electron chi connectivity index (χ0n) is 13.7. The first-order valence-electron chi connectivity index (χ1n) is 7.83. The average molecular weight is 379 g/mol. The van der Waals surface area contributed by atoms with Crippen molar-refractivity contribution in [2.45, 2.75) is 12.6 Å². The second kappa shape index (κ2) is 7.33. The Kier molecular flexibility index (Phi) is 5.13. The second-order valence-corrected chi connectivity index (χ2v) is 6.56. The summed E-state index contributed by atoms with van der Waals surface area (Å²) in [4.78, 5) is 18.3. The Hall–Kier alpha value is -2.61. The van der Waals surface area contributed by atoms with E-state index in [0.29, 0.717) is 10.7 Å². The topological polar surface area (TPSA) is 37.6 Å². The van der Waals surface area contributed by atoms with Crippen molar-refractivity contribution < 1.29 is 18.0 Å². The predicted octanol–water partition coefficient (Wildman–Crippen LogP) is 4.18. The Balaban J connectivity index is 1.82. The normalized spacial score (nSPS) is 11.7. The molecule has 1 aromatic carbocycles. The molecule has 0 aliphatic heterocycles. The van der Waals surface area contributed by atoms with Gasteiger partial charge in [0.05, 0.1) is 12.1 Å². The lowest BCUT2D eigenvalue weighted by Crippen LogP contribution is -2.40. The number of benzene rings is 1. The van der Waals surface area contributed by atoms with E-state index in [2.05, 4.69) is 11.6 Å². The SMILES string of the molecule is C=CCN(CC(F)(F)F)C(=O)Cc1csc2nc(-c3ccccc3)cn12. The Bertz CT molecular complexity index is 915. The fraction of sp³-hybridized carbons (Fsp3) is 0.222. The minimum Gasteiger partial charge on any atom is -0.330 e. The molecule has 0 unspecified atom stereocenters. The van der Waals surface area contributed by atoms with E-state index in [1.54, 1.807) is 16.0 Å². The Morgan fingerprint density at radius 2 is 2.04 bits per heavy atom. The van der Waals surface area contributed by atoms with Crippen molar-refractivity contribution in [3.05, 3.63) is 60.3 Å². The highest BCUT2D eigenvalue weighted by Gasteiger charge is 2.32. The molecule has 0 aliphatic rings. The fourth-order valence-corrected chi connectivity index (χ4v) is 3.47. The summed E-state index contributed by atoms with van der Waals surface area (Å²) in [5.74, 6) is -0.600. The lowest BCUT2D eigenvalue weighted by molar-refractivity contribution is -0.159. The maximum Gasteiger partial charge on any atom is 0.406 e. The Morgan fingerprint density at radius 1 is 1.31 bits per heavy atom. The van der Waals surface area contributed by atoms with Crippen LogP contribution in [0.3, 0.4) is 0 Å². The number of amides is 1. The van der Waals surface area contributed by atoms with E-state index in [1.165, 1.54) is 17.4 Å². The van der Waals surface area contributed by atoms with Gasteiger partial charge in [-0.15, -0.1) is 17.9 Å². The maximum absolute atomic E-state index is 12.7. The van der Waals surface area contributed by atoms with Gasteiger partial charge < -0.3 is 4.90 Å². The fourth-order valence-electron chi connectivity index (χ4n) is 2.60. The van der Waals surface area contributed by atoms with E-state index < -0.39 is 18.6 Å². The molecule has 3 rings (SSSR count). The number of halogens is 3. The molecule has 0 aliphatic carbocycles. The van der Waals surface area contributed by atoms with E-state index in [0.717, 1.165) is 16.2 Å². The predicted molar refractivity (Wildman–Crippen MR) is 95.0 cm³/mol. The van der Waals surface area contributed by atoms with Crippen LogP contribution in [0.1, 0.15) is 5.69 Å². The van der Waals surface area contributed by atoms with Crippen LogP contribution in [-0.4, -0.2) is 39.5 Å². The molecule has 26 heavy (non-hydrogen) atoms. The minimum atomic E-state index is -4.45. The van der Waals surface area contributed by atoms with Gasteiger partial charge in [-0.1, -0.05) is 36.4 Å². The second-order valence-electron chi connectivity index (χ2n) is 5.73. The van der Waals surface area contributed by atoms with Crippen molar-refractivity contribution >= 4 is 22.2 Å². The minimum absolute atomic E-state index is 0.130. The van der Waals surface area contributed by atoms with Gasteiger partial charge in [0.25, 0.3) is 0 Å². The number of hydrogen-bond acceptors (Lipinski definition) is 3. The standard InChI is InChI=1S/C18H16F3N3OS/c1-2-8-23(12-18(19,20)21)16(25)9-14-11-26-17-22-15(10-24(14)17)13-6-4-3-5-7-13/h2-7,10-11H,1,8-9,12H2. The monoisotopic (exact) mass is 379 g/mol. The van der Waals surface area contributed by atoms with Gasteiger partial charge in [0, 0.05) is 29.4 Å². The number of rotatable bonds is 6. The molecule has 0 saturated carbocycles. The first-order chi connectivity index (χ1) is 12.4. The van der Waals surface area contributed by atoms with E-state index in [9.17, 15) is 18.0 Å². The van der Waals surface area contributed by atoms with Crippen LogP contribution in [-0.2, 0) is 11.2 Å². The van der Waals surface area contributed by atoms with Crippen LogP contribution in [0.4, 0.5) is 13.2 Å². The van der Waals surface area contributed by atoms with E-state index in [-0.39, 0.29) is 13.0 Å². The van der Waals surface area contributed by atoms with Crippen LogP contribution in [0.5, 0.6) is 0 Å². The number of aromatic nitrogens is 2. The van der Waals surface area contributed by atoms with Crippen molar-refractivity contribution in [2.24, 2.45) is 0 Å². The maximum atomic E-state index is 12.7. The van der Waals surface area contributed by atoms with Crippen molar-refractivity contribution in [3.8, 4) is 11.3 Å². The first kappa shape index (κ1) is 18.2. The summed E-state index contributed by atoms with van der Waals surface area (Å²) in [6.45, 7) is 1.99. The summed E-state index contributed by atoms with van der Waals surface area (Å²) in [5, 5.41) is 1.74. The third kappa shape index (κ3) is 4.13. The van der Waals surface area contributed by atoms with Gasteiger partial charge in [0.2, 0.25) is 5.91 Å². The van der Waals surface area contributed by atoms with Crippen LogP contribution >= 0.6 is 11.3 Å². The molecule has 4 nitrogen and oxygen atoms in total. The molecule has 2 aromatic heterocycles. The van der Waals surface area contributed by atoms with Gasteiger partial charge in [-0.2, -0.15) is 13.2 Å². The number of fused-ring (bicyclic) bond motifs is 1. The lowest BCUT2D eigenvalue weighted by atomic mass is 10.2. The Morgan fingerprint density at radius 3 is 2.69 bits per heavy atom. The molecular formula is C18H16F3N3OS. The summed E-state index contributed by atoms with van der Waals surface area (Å²) in [5.41, 5.74) is 2.30. The van der Waals surface area contributed by atoms with Gasteiger partial charge >= 0.3 is 6.18 Å². The number of thiazole rings is 1. The third-order valence-electron chi connectivity index (χ3n) is 3.76. The van der Waals surface area contributed by atoms with Crippen molar-refractivity contribution in [3.63, 3.8) is 0 Å². The van der Waals surface area contributed by atoms with Crippen LogP contribution in [0.2, 0.25) is 0 Å². The molecule has 1 amide bonds. The number of carbonyl (C=O) groups excluding carboxylic acids is 1.